The van der Waals surface area contributed by atoms with Gasteiger partial charge in [-0.15, -0.1) is 0 Å². The third-order valence-corrected chi connectivity index (χ3v) is 4.58. The molecule has 25 heavy (non-hydrogen) atoms. The number of hydrogen-bond donors (Lipinski definition) is 2. The summed E-state index contributed by atoms with van der Waals surface area (Å²) in [6.45, 7) is 2.47. The molecule has 0 bridgehead atoms. The number of nitrogens with zero attached hydrogens (tertiary/aromatic N) is 1. The summed E-state index contributed by atoms with van der Waals surface area (Å²) < 4.78 is 24.5. The van der Waals surface area contributed by atoms with E-state index in [1.807, 2.05) is 13.0 Å². The van der Waals surface area contributed by atoms with E-state index in [1.165, 1.54) is 18.7 Å². The molecule has 0 radical (unpaired) electrons. The van der Waals surface area contributed by atoms with Crippen LogP contribution in [0.1, 0.15) is 31.2 Å². The Morgan fingerprint density at radius 1 is 1.44 bits per heavy atom. The van der Waals surface area contributed by atoms with Gasteiger partial charge in [-0.1, -0.05) is 6.92 Å². The standard InChI is InChI=1S/C18H18FN3O3/c1-18(2-3-18)17(23)20-7-12-4-11-5-14(19)16(6-15(11)22-12)25-9-13-8-24-10-21-13/h4-6,8,10,22H,2-3,7,9H2,1H3,(H,20,23). The molecule has 2 heterocycles. The third kappa shape index (κ3) is 3.22. The van der Waals surface area contributed by atoms with E-state index in [9.17, 15) is 9.18 Å². The molecule has 0 spiro atoms. The number of fused-ring (bicyclic) bond motifs is 1. The molecule has 0 aliphatic heterocycles. The molecule has 130 valence electrons. The van der Waals surface area contributed by atoms with Crippen molar-refractivity contribution in [2.45, 2.75) is 32.9 Å². The van der Waals surface area contributed by atoms with Gasteiger partial charge in [-0.25, -0.2) is 9.37 Å². The van der Waals surface area contributed by atoms with Crippen LogP contribution in [0.2, 0.25) is 0 Å². The van der Waals surface area contributed by atoms with Gasteiger partial charge in [0, 0.05) is 28.1 Å². The fraction of sp³-hybridized carbons (Fsp3) is 0.333. The van der Waals surface area contributed by atoms with Crippen molar-refractivity contribution in [1.82, 2.24) is 15.3 Å². The molecule has 7 heteroatoms. The molecule has 1 amide bonds. The second-order valence-electron chi connectivity index (χ2n) is 6.68. The van der Waals surface area contributed by atoms with E-state index in [-0.39, 0.29) is 23.7 Å². The molecule has 0 unspecified atom stereocenters. The predicted octanol–water partition coefficient (Wildman–Crippen LogP) is 3.29. The molecule has 2 aromatic heterocycles. The van der Waals surface area contributed by atoms with Gasteiger partial charge in [0.15, 0.2) is 18.0 Å². The Balaban J connectivity index is 1.47. The molecule has 1 aromatic carbocycles. The maximum absolute atomic E-state index is 14.2. The lowest BCUT2D eigenvalue weighted by molar-refractivity contribution is -0.125. The molecule has 4 rings (SSSR count). The highest BCUT2D eigenvalue weighted by Gasteiger charge is 2.44. The number of aromatic amines is 1. The van der Waals surface area contributed by atoms with E-state index in [4.69, 9.17) is 9.15 Å². The van der Waals surface area contributed by atoms with Crippen LogP contribution < -0.4 is 10.1 Å². The zero-order chi connectivity index (χ0) is 17.4. The molecule has 3 aromatic rings. The fourth-order valence-electron chi connectivity index (χ4n) is 2.66. The van der Waals surface area contributed by atoms with Gasteiger partial charge >= 0.3 is 0 Å². The van der Waals surface area contributed by atoms with Crippen LogP contribution in [0.4, 0.5) is 4.39 Å². The molecular weight excluding hydrogens is 325 g/mol. The number of halogens is 1. The smallest absolute Gasteiger partial charge is 0.226 e. The minimum absolute atomic E-state index is 0.0639. The summed E-state index contributed by atoms with van der Waals surface area (Å²) >= 11 is 0. The molecule has 1 aliphatic rings. The van der Waals surface area contributed by atoms with Crippen LogP contribution in [0, 0.1) is 11.2 Å². The van der Waals surface area contributed by atoms with Gasteiger partial charge in [0.2, 0.25) is 5.91 Å². The molecule has 1 saturated carbocycles. The van der Waals surface area contributed by atoms with E-state index in [0.29, 0.717) is 12.2 Å². The number of hydrogen-bond acceptors (Lipinski definition) is 4. The van der Waals surface area contributed by atoms with Crippen molar-refractivity contribution in [2.24, 2.45) is 5.41 Å². The summed E-state index contributed by atoms with van der Waals surface area (Å²) in [6.07, 6.45) is 4.62. The van der Waals surface area contributed by atoms with Crippen molar-refractivity contribution in [3.63, 3.8) is 0 Å². The maximum Gasteiger partial charge on any atom is 0.226 e. The Hall–Kier alpha value is -2.83. The van der Waals surface area contributed by atoms with Crippen molar-refractivity contribution in [2.75, 3.05) is 0 Å². The first-order valence-electron chi connectivity index (χ1n) is 8.13. The second kappa shape index (κ2) is 5.91. The van der Waals surface area contributed by atoms with E-state index in [2.05, 4.69) is 15.3 Å². The summed E-state index contributed by atoms with van der Waals surface area (Å²) in [5, 5.41) is 3.65. The average Bonchev–Trinajstić information content (AvgIpc) is 3.01. The normalized spacial score (nSPS) is 15.3. The Bertz CT molecular complexity index is 913. The summed E-state index contributed by atoms with van der Waals surface area (Å²) in [7, 11) is 0. The number of amides is 1. The minimum atomic E-state index is -0.448. The zero-order valence-corrected chi connectivity index (χ0v) is 13.8. The Labute approximate surface area is 143 Å². The lowest BCUT2D eigenvalue weighted by atomic mass is 10.1. The fourth-order valence-corrected chi connectivity index (χ4v) is 2.66. The van der Waals surface area contributed by atoms with Crippen LogP contribution in [0.3, 0.4) is 0 Å². The quantitative estimate of drug-likeness (QED) is 0.720. The van der Waals surface area contributed by atoms with Gasteiger partial charge in [0.1, 0.15) is 18.6 Å². The van der Waals surface area contributed by atoms with Gasteiger partial charge in [-0.05, 0) is 25.0 Å². The Morgan fingerprint density at radius 3 is 3.00 bits per heavy atom. The summed E-state index contributed by atoms with van der Waals surface area (Å²) in [4.78, 5) is 19.1. The van der Waals surface area contributed by atoms with Crippen molar-refractivity contribution in [3.8, 4) is 5.75 Å². The molecule has 0 atom stereocenters. The summed E-state index contributed by atoms with van der Waals surface area (Å²) in [6, 6.07) is 4.85. The first-order valence-corrected chi connectivity index (χ1v) is 8.13. The first kappa shape index (κ1) is 15.7. The highest BCUT2D eigenvalue weighted by molar-refractivity contribution is 5.85. The topological polar surface area (TPSA) is 80.2 Å². The van der Waals surface area contributed by atoms with Crippen LogP contribution in [-0.2, 0) is 17.9 Å². The van der Waals surface area contributed by atoms with Gasteiger partial charge in [0.25, 0.3) is 0 Å². The monoisotopic (exact) mass is 343 g/mol. The van der Waals surface area contributed by atoms with Crippen LogP contribution in [0.5, 0.6) is 5.75 Å². The molecule has 1 fully saturated rings. The number of rotatable bonds is 6. The third-order valence-electron chi connectivity index (χ3n) is 4.58. The number of carbonyl (C=O) groups excluding carboxylic acids is 1. The number of benzene rings is 1. The van der Waals surface area contributed by atoms with Gasteiger partial charge in [-0.3, -0.25) is 4.79 Å². The van der Waals surface area contributed by atoms with E-state index in [0.717, 1.165) is 29.4 Å². The lowest BCUT2D eigenvalue weighted by Crippen LogP contribution is -2.29. The first-order chi connectivity index (χ1) is 12.0. The maximum atomic E-state index is 14.2. The van der Waals surface area contributed by atoms with Gasteiger partial charge in [-0.2, -0.15) is 0 Å². The SMILES string of the molecule is CC1(C(=O)NCc2cc3cc(F)c(OCc4cocn4)cc3[nH]2)CC1. The predicted molar refractivity (Wildman–Crippen MR) is 88.3 cm³/mol. The van der Waals surface area contributed by atoms with Crippen LogP contribution in [0.15, 0.2) is 35.3 Å². The van der Waals surface area contributed by atoms with Crippen molar-refractivity contribution in [1.29, 1.82) is 0 Å². The molecule has 2 N–H and O–H groups in total. The van der Waals surface area contributed by atoms with Crippen LogP contribution in [0.25, 0.3) is 10.9 Å². The number of carbonyl (C=O) groups is 1. The molecule has 0 saturated heterocycles. The molecular formula is C18H18FN3O3. The zero-order valence-electron chi connectivity index (χ0n) is 13.8. The van der Waals surface area contributed by atoms with Gasteiger partial charge < -0.3 is 19.5 Å². The molecule has 6 nitrogen and oxygen atoms in total. The van der Waals surface area contributed by atoms with Crippen molar-refractivity contribution >= 4 is 16.8 Å². The number of aromatic nitrogens is 2. The number of H-pyrrole nitrogens is 1. The summed E-state index contributed by atoms with van der Waals surface area (Å²) in [5.41, 5.74) is 1.95. The second-order valence-corrected chi connectivity index (χ2v) is 6.68. The van der Waals surface area contributed by atoms with E-state index < -0.39 is 5.82 Å². The average molecular weight is 343 g/mol. The van der Waals surface area contributed by atoms with E-state index >= 15 is 0 Å². The highest BCUT2D eigenvalue weighted by Crippen LogP contribution is 2.45. The summed E-state index contributed by atoms with van der Waals surface area (Å²) in [5.74, 6) is -0.247. The van der Waals surface area contributed by atoms with E-state index in [1.54, 1.807) is 6.07 Å². The Morgan fingerprint density at radius 2 is 2.28 bits per heavy atom. The number of ether oxygens (including phenoxy) is 1. The Kier molecular flexibility index (Phi) is 3.71. The molecule has 1 aliphatic carbocycles. The lowest BCUT2D eigenvalue weighted by Gasteiger charge is -2.08. The van der Waals surface area contributed by atoms with Gasteiger partial charge in [0.05, 0.1) is 6.54 Å². The van der Waals surface area contributed by atoms with Crippen molar-refractivity contribution in [3.05, 3.63) is 48.1 Å². The van der Waals surface area contributed by atoms with Crippen molar-refractivity contribution < 1.29 is 18.3 Å². The minimum Gasteiger partial charge on any atom is -0.484 e. The largest absolute Gasteiger partial charge is 0.484 e. The number of oxazole rings is 1. The highest BCUT2D eigenvalue weighted by atomic mass is 19.1. The number of nitrogens with one attached hydrogen (secondary N) is 2. The van der Waals surface area contributed by atoms with Crippen LogP contribution >= 0.6 is 0 Å². The van der Waals surface area contributed by atoms with Crippen LogP contribution in [-0.4, -0.2) is 15.9 Å².